The molecule has 2 heterocycles. The number of ether oxygens (including phenoxy) is 1. The molecule has 27 heavy (non-hydrogen) atoms. The summed E-state index contributed by atoms with van der Waals surface area (Å²) in [4.78, 5) is 3.97. The highest BCUT2D eigenvalue weighted by Gasteiger charge is 2.30. The minimum atomic E-state index is -4.01. The van der Waals surface area contributed by atoms with Crippen LogP contribution in [0.5, 0.6) is 0 Å². The maximum absolute atomic E-state index is 13.0. The molecule has 0 unspecified atom stereocenters. The number of hydrogen-bond donors (Lipinski definition) is 1. The van der Waals surface area contributed by atoms with Gasteiger partial charge in [-0.05, 0) is 37.1 Å². The number of nitrogens with zero attached hydrogens (tertiary/aromatic N) is 1. The lowest BCUT2D eigenvalue weighted by Crippen LogP contribution is -2.19. The van der Waals surface area contributed by atoms with Crippen molar-refractivity contribution in [1.29, 1.82) is 0 Å². The van der Waals surface area contributed by atoms with Gasteiger partial charge in [0.1, 0.15) is 5.00 Å². The van der Waals surface area contributed by atoms with Crippen LogP contribution in [0, 0.1) is 0 Å². The van der Waals surface area contributed by atoms with Gasteiger partial charge in [0.2, 0.25) is 24.0 Å². The molecule has 1 N–H and O–H groups in total. The van der Waals surface area contributed by atoms with E-state index in [2.05, 4.69) is 10.3 Å². The average molecular weight is 451 g/mol. The second kappa shape index (κ2) is 8.04. The van der Waals surface area contributed by atoms with Crippen molar-refractivity contribution in [2.45, 2.75) is 40.1 Å². The fourth-order valence-electron chi connectivity index (χ4n) is 2.58. The zero-order valence-corrected chi connectivity index (χ0v) is 17.7. The van der Waals surface area contributed by atoms with Crippen LogP contribution in [0.25, 0.3) is 0 Å². The van der Waals surface area contributed by atoms with Crippen molar-refractivity contribution in [3.05, 3.63) is 29.3 Å². The van der Waals surface area contributed by atoms with E-state index in [0.717, 1.165) is 24.2 Å². The molecule has 3 rings (SSSR count). The molecule has 1 atom stereocenters. The summed E-state index contributed by atoms with van der Waals surface area (Å²) in [5.41, 5.74) is 0. The number of hydrogen-bond acceptors (Lipinski definition) is 8. The first-order valence-electron chi connectivity index (χ1n) is 8.34. The van der Waals surface area contributed by atoms with Gasteiger partial charge in [-0.3, -0.25) is 0 Å². The lowest BCUT2D eigenvalue weighted by molar-refractivity contribution is 0.120. The van der Waals surface area contributed by atoms with Crippen LogP contribution in [0.2, 0.25) is 5.02 Å². The summed E-state index contributed by atoms with van der Waals surface area (Å²) in [6.45, 7) is 2.54. The number of sulfone groups is 2. The first kappa shape index (κ1) is 20.5. The molecule has 1 fully saturated rings. The summed E-state index contributed by atoms with van der Waals surface area (Å²) in [6, 6.07) is 5.66. The molecule has 0 bridgehead atoms. The highest BCUT2D eigenvalue weighted by atomic mass is 35.5. The van der Waals surface area contributed by atoms with Gasteiger partial charge in [-0.2, -0.15) is 0 Å². The Balaban J connectivity index is 2.01. The van der Waals surface area contributed by atoms with Gasteiger partial charge in [-0.15, -0.1) is 0 Å². The Bertz CT molecular complexity index is 1010. The van der Waals surface area contributed by atoms with Crippen LogP contribution in [-0.4, -0.2) is 46.8 Å². The van der Waals surface area contributed by atoms with Gasteiger partial charge >= 0.3 is 0 Å². The first-order chi connectivity index (χ1) is 12.7. The van der Waals surface area contributed by atoms with Crippen LogP contribution in [0.3, 0.4) is 0 Å². The van der Waals surface area contributed by atoms with E-state index in [9.17, 15) is 16.8 Å². The van der Waals surface area contributed by atoms with Crippen molar-refractivity contribution < 1.29 is 21.6 Å². The molecule has 1 aliphatic heterocycles. The molecule has 1 aromatic carbocycles. The van der Waals surface area contributed by atoms with Crippen LogP contribution in [0.1, 0.15) is 19.8 Å². The number of halogens is 1. The van der Waals surface area contributed by atoms with Crippen LogP contribution in [0.4, 0.5) is 5.00 Å². The molecule has 2 aromatic rings. The topological polar surface area (TPSA) is 102 Å². The van der Waals surface area contributed by atoms with Crippen molar-refractivity contribution in [2.75, 3.05) is 24.2 Å². The van der Waals surface area contributed by atoms with Crippen LogP contribution in [0.15, 0.2) is 38.5 Å². The first-order valence-corrected chi connectivity index (χ1v) is 12.7. The van der Waals surface area contributed by atoms with Crippen molar-refractivity contribution in [2.24, 2.45) is 0 Å². The van der Waals surface area contributed by atoms with Crippen LogP contribution in [-0.2, 0) is 24.4 Å². The molecule has 148 valence electrons. The molecule has 0 aliphatic carbocycles. The van der Waals surface area contributed by atoms with Crippen LogP contribution >= 0.6 is 22.9 Å². The zero-order chi connectivity index (χ0) is 19.7. The fourth-order valence-corrected chi connectivity index (χ4v) is 6.70. The maximum Gasteiger partial charge on any atom is 0.226 e. The Labute approximate surface area is 167 Å². The molecule has 7 nitrogen and oxygen atoms in total. The third-order valence-corrected chi connectivity index (χ3v) is 9.40. The summed E-state index contributed by atoms with van der Waals surface area (Å²) < 4.78 is 55.8. The summed E-state index contributed by atoms with van der Waals surface area (Å²) in [5, 5.41) is 3.33. The number of rotatable bonds is 7. The van der Waals surface area contributed by atoms with E-state index in [1.54, 1.807) is 0 Å². The van der Waals surface area contributed by atoms with Crippen LogP contribution < -0.4 is 5.32 Å². The van der Waals surface area contributed by atoms with E-state index in [0.29, 0.717) is 18.2 Å². The number of aromatic nitrogens is 1. The summed E-state index contributed by atoms with van der Waals surface area (Å²) in [6.07, 6.45) is 1.77. The molecule has 1 aliphatic rings. The predicted octanol–water partition coefficient (Wildman–Crippen LogP) is 3.01. The highest BCUT2D eigenvalue weighted by molar-refractivity contribution is 7.94. The van der Waals surface area contributed by atoms with E-state index in [1.807, 2.05) is 0 Å². The minimum Gasteiger partial charge on any atom is -0.376 e. The quantitative estimate of drug-likeness (QED) is 0.691. The zero-order valence-electron chi connectivity index (χ0n) is 14.5. The Hall–Kier alpha value is -1.20. The van der Waals surface area contributed by atoms with Crippen molar-refractivity contribution in [3.63, 3.8) is 0 Å². The second-order valence-corrected chi connectivity index (χ2v) is 11.7. The molecule has 1 aromatic heterocycles. The van der Waals surface area contributed by atoms with Crippen molar-refractivity contribution in [1.82, 2.24) is 4.98 Å². The standard InChI is InChI=1S/C16H19ClN2O5S3/c1-2-26(20,21)16-19-15(14(25-16)18-10-12-4-3-9-24-12)27(22,23)13-7-5-11(17)6-8-13/h5-8,12,18H,2-4,9-10H2,1H3/t12-/m0/s1. The molecule has 1 saturated heterocycles. The van der Waals surface area contributed by atoms with E-state index >= 15 is 0 Å². The van der Waals surface area contributed by atoms with Gasteiger partial charge in [-0.25, -0.2) is 21.8 Å². The van der Waals surface area contributed by atoms with Crippen molar-refractivity contribution in [3.8, 4) is 0 Å². The van der Waals surface area contributed by atoms with E-state index in [-0.39, 0.29) is 31.1 Å². The number of nitrogens with one attached hydrogen (secondary N) is 1. The van der Waals surface area contributed by atoms with Crippen molar-refractivity contribution >= 4 is 47.6 Å². The predicted molar refractivity (Wildman–Crippen MR) is 104 cm³/mol. The molecular weight excluding hydrogens is 432 g/mol. The van der Waals surface area contributed by atoms with Gasteiger partial charge in [0.25, 0.3) is 0 Å². The Morgan fingerprint density at radius 2 is 1.96 bits per heavy atom. The maximum atomic E-state index is 13.0. The third-order valence-electron chi connectivity index (χ3n) is 4.12. The number of anilines is 1. The molecule has 0 amide bonds. The molecular formula is C16H19ClN2O5S3. The molecule has 11 heteroatoms. The van der Waals surface area contributed by atoms with Gasteiger partial charge in [0, 0.05) is 18.2 Å². The third kappa shape index (κ3) is 4.45. The SMILES string of the molecule is CCS(=O)(=O)c1nc(S(=O)(=O)c2ccc(Cl)cc2)c(NC[C@@H]2CCCO2)s1. The Morgan fingerprint density at radius 1 is 1.26 bits per heavy atom. The Kier molecular flexibility index (Phi) is 6.11. The molecule has 0 spiro atoms. The normalized spacial score (nSPS) is 17.9. The Morgan fingerprint density at radius 3 is 2.56 bits per heavy atom. The minimum absolute atomic E-state index is 0.00203. The monoisotopic (exact) mass is 450 g/mol. The lowest BCUT2D eigenvalue weighted by atomic mass is 10.2. The van der Waals surface area contributed by atoms with E-state index in [1.165, 1.54) is 31.2 Å². The van der Waals surface area contributed by atoms with Gasteiger partial charge < -0.3 is 10.1 Å². The summed E-state index contributed by atoms with van der Waals surface area (Å²) in [7, 11) is -7.64. The number of benzene rings is 1. The fraction of sp³-hybridized carbons (Fsp3) is 0.438. The summed E-state index contributed by atoms with van der Waals surface area (Å²) >= 11 is 6.66. The smallest absolute Gasteiger partial charge is 0.226 e. The average Bonchev–Trinajstić information content (AvgIpc) is 3.30. The lowest BCUT2D eigenvalue weighted by Gasteiger charge is -2.11. The van der Waals surface area contributed by atoms with E-state index in [4.69, 9.17) is 16.3 Å². The number of thiazole rings is 1. The highest BCUT2D eigenvalue weighted by Crippen LogP contribution is 2.35. The summed E-state index contributed by atoms with van der Waals surface area (Å²) in [5.74, 6) is -0.161. The van der Waals surface area contributed by atoms with E-state index < -0.39 is 19.7 Å². The molecule has 0 saturated carbocycles. The largest absolute Gasteiger partial charge is 0.376 e. The second-order valence-electron chi connectivity index (χ2n) is 5.99. The molecule has 0 radical (unpaired) electrons. The van der Waals surface area contributed by atoms with Gasteiger partial charge in [0.15, 0.2) is 5.03 Å². The van der Waals surface area contributed by atoms with Gasteiger partial charge in [0.05, 0.1) is 16.8 Å². The van der Waals surface area contributed by atoms with Gasteiger partial charge in [-0.1, -0.05) is 29.9 Å².